The number of carbonyl (C=O) groups is 4. The van der Waals surface area contributed by atoms with Gasteiger partial charge in [-0.2, -0.15) is 0 Å². The standard InChI is InChI=1S/2C20H30O4/c1-3-5-7-8-9-12-16-24-20(22)18-14-11-10-13-17(18)19(21)23-15-6-4-2;1-3-5-7-11-15-23-19(21)17-13-9-10-14-18(17)20(22)24-16-12-8-6-4-2/h10-11,13-14H,3-9,12,15-16H2,1-2H3;9-10,13-14H,3-8,11-12,15-16H2,1-2H3. The molecule has 268 valence electrons. The van der Waals surface area contributed by atoms with Crippen molar-refractivity contribution in [2.24, 2.45) is 0 Å². The van der Waals surface area contributed by atoms with E-state index < -0.39 is 23.9 Å². The van der Waals surface area contributed by atoms with Gasteiger partial charge in [-0.1, -0.05) is 129 Å². The zero-order valence-electron chi connectivity index (χ0n) is 30.0. The maximum Gasteiger partial charge on any atom is 0.339 e. The average molecular weight is 669 g/mol. The van der Waals surface area contributed by atoms with E-state index in [9.17, 15) is 19.2 Å². The highest BCUT2D eigenvalue weighted by atomic mass is 16.5. The van der Waals surface area contributed by atoms with Crippen molar-refractivity contribution in [1.29, 1.82) is 0 Å². The quantitative estimate of drug-likeness (QED) is 0.0618. The largest absolute Gasteiger partial charge is 0.462 e. The summed E-state index contributed by atoms with van der Waals surface area (Å²) in [5.74, 6) is -1.82. The lowest BCUT2D eigenvalue weighted by Gasteiger charge is -2.10. The molecule has 0 heterocycles. The van der Waals surface area contributed by atoms with Gasteiger partial charge in [-0.05, 0) is 49.9 Å². The Hall–Kier alpha value is -3.68. The third-order valence-corrected chi connectivity index (χ3v) is 7.66. The Morgan fingerprint density at radius 3 is 0.875 bits per heavy atom. The first-order chi connectivity index (χ1) is 23.4. The first-order valence-electron chi connectivity index (χ1n) is 18.3. The number of esters is 4. The molecule has 0 fully saturated rings. The predicted molar refractivity (Wildman–Crippen MR) is 191 cm³/mol. The van der Waals surface area contributed by atoms with Gasteiger partial charge in [0.15, 0.2) is 0 Å². The first kappa shape index (κ1) is 42.3. The molecular formula is C40H60O8. The number of rotatable bonds is 24. The minimum Gasteiger partial charge on any atom is -0.462 e. The van der Waals surface area contributed by atoms with Crippen LogP contribution in [0.15, 0.2) is 48.5 Å². The van der Waals surface area contributed by atoms with E-state index >= 15 is 0 Å². The molecule has 8 nitrogen and oxygen atoms in total. The Kier molecular flexibility index (Phi) is 25.0. The van der Waals surface area contributed by atoms with Crippen LogP contribution >= 0.6 is 0 Å². The van der Waals surface area contributed by atoms with Gasteiger partial charge in [0, 0.05) is 0 Å². The summed E-state index contributed by atoms with van der Waals surface area (Å²) in [6, 6.07) is 13.3. The number of hydrogen-bond donors (Lipinski definition) is 0. The molecule has 2 aromatic rings. The molecule has 48 heavy (non-hydrogen) atoms. The molecule has 0 bridgehead atoms. The highest BCUT2D eigenvalue weighted by molar-refractivity contribution is 6.03. The summed E-state index contributed by atoms with van der Waals surface area (Å²) in [4.78, 5) is 48.7. The Morgan fingerprint density at radius 2 is 0.583 bits per heavy atom. The summed E-state index contributed by atoms with van der Waals surface area (Å²) in [7, 11) is 0. The zero-order valence-corrected chi connectivity index (χ0v) is 30.0. The van der Waals surface area contributed by atoms with Gasteiger partial charge in [-0.25, -0.2) is 19.2 Å². The molecule has 2 rings (SSSR count). The predicted octanol–water partition coefficient (Wildman–Crippen LogP) is 10.3. The third kappa shape index (κ3) is 18.6. The molecule has 0 spiro atoms. The molecule has 0 saturated carbocycles. The van der Waals surface area contributed by atoms with Gasteiger partial charge < -0.3 is 18.9 Å². The molecule has 0 aliphatic heterocycles. The van der Waals surface area contributed by atoms with Crippen LogP contribution in [0, 0.1) is 0 Å². The van der Waals surface area contributed by atoms with Gasteiger partial charge in [-0.3, -0.25) is 0 Å². The normalized spacial score (nSPS) is 10.4. The average Bonchev–Trinajstić information content (AvgIpc) is 3.11. The summed E-state index contributed by atoms with van der Waals surface area (Å²) >= 11 is 0. The van der Waals surface area contributed by atoms with E-state index in [1.807, 2.05) is 6.92 Å². The molecule has 0 amide bonds. The Bertz CT molecular complexity index is 1130. The molecule has 0 atom stereocenters. The first-order valence-corrected chi connectivity index (χ1v) is 18.3. The fraction of sp³-hybridized carbons (Fsp3) is 0.600. The van der Waals surface area contributed by atoms with Crippen LogP contribution in [-0.4, -0.2) is 50.3 Å². The van der Waals surface area contributed by atoms with Crippen molar-refractivity contribution < 1.29 is 38.1 Å². The molecule has 0 saturated heterocycles. The lowest BCUT2D eigenvalue weighted by Crippen LogP contribution is -2.15. The van der Waals surface area contributed by atoms with E-state index in [1.165, 1.54) is 25.7 Å². The minimum atomic E-state index is -0.462. The number of unbranched alkanes of at least 4 members (excludes halogenated alkanes) is 12. The molecule has 8 heteroatoms. The fourth-order valence-electron chi connectivity index (χ4n) is 4.73. The van der Waals surface area contributed by atoms with E-state index in [0.29, 0.717) is 26.4 Å². The van der Waals surface area contributed by atoms with Crippen LogP contribution in [0.5, 0.6) is 0 Å². The SMILES string of the molecule is CCCCCCCCOC(=O)c1ccccc1C(=O)OCCCC.CCCCCCOC(=O)c1ccccc1C(=O)OCCCCCC. The van der Waals surface area contributed by atoms with Crippen molar-refractivity contribution in [3.05, 3.63) is 70.8 Å². The van der Waals surface area contributed by atoms with Crippen LogP contribution < -0.4 is 0 Å². The summed E-state index contributed by atoms with van der Waals surface area (Å²) in [5.41, 5.74) is 1.13. The van der Waals surface area contributed by atoms with Crippen LogP contribution in [0.4, 0.5) is 0 Å². The monoisotopic (exact) mass is 668 g/mol. The molecule has 0 aliphatic carbocycles. The second-order valence-electron chi connectivity index (χ2n) is 11.9. The molecule has 0 N–H and O–H groups in total. The van der Waals surface area contributed by atoms with Crippen LogP contribution in [0.2, 0.25) is 0 Å². The van der Waals surface area contributed by atoms with E-state index in [2.05, 4.69) is 20.8 Å². The molecule has 0 aromatic heterocycles. The molecule has 0 aliphatic rings. The van der Waals surface area contributed by atoms with Crippen molar-refractivity contribution in [2.75, 3.05) is 26.4 Å². The summed E-state index contributed by atoms with van der Waals surface area (Å²) < 4.78 is 21.1. The number of hydrogen-bond acceptors (Lipinski definition) is 8. The van der Waals surface area contributed by atoms with E-state index in [-0.39, 0.29) is 22.3 Å². The smallest absolute Gasteiger partial charge is 0.339 e. The van der Waals surface area contributed by atoms with Gasteiger partial charge >= 0.3 is 23.9 Å². The lowest BCUT2D eigenvalue weighted by molar-refractivity contribution is 0.0450. The van der Waals surface area contributed by atoms with E-state index in [4.69, 9.17) is 18.9 Å². The zero-order chi connectivity index (χ0) is 35.2. The maximum absolute atomic E-state index is 12.2. The third-order valence-electron chi connectivity index (χ3n) is 7.66. The summed E-state index contributed by atoms with van der Waals surface area (Å²) in [5, 5.41) is 0. The highest BCUT2D eigenvalue weighted by Crippen LogP contribution is 2.15. The topological polar surface area (TPSA) is 105 Å². The molecular weight excluding hydrogens is 608 g/mol. The van der Waals surface area contributed by atoms with Crippen molar-refractivity contribution in [3.63, 3.8) is 0 Å². The Labute approximate surface area is 289 Å². The van der Waals surface area contributed by atoms with Crippen molar-refractivity contribution in [3.8, 4) is 0 Å². The number of carbonyl (C=O) groups excluding carboxylic acids is 4. The lowest BCUT2D eigenvalue weighted by atomic mass is 10.1. The van der Waals surface area contributed by atoms with Gasteiger partial charge in [0.05, 0.1) is 48.7 Å². The van der Waals surface area contributed by atoms with Gasteiger partial charge in [-0.15, -0.1) is 0 Å². The van der Waals surface area contributed by atoms with Crippen LogP contribution in [0.25, 0.3) is 0 Å². The van der Waals surface area contributed by atoms with Gasteiger partial charge in [0.1, 0.15) is 0 Å². The highest BCUT2D eigenvalue weighted by Gasteiger charge is 2.20. The van der Waals surface area contributed by atoms with Crippen LogP contribution in [0.3, 0.4) is 0 Å². The number of benzene rings is 2. The minimum absolute atomic E-state index is 0.279. The molecule has 0 unspecified atom stereocenters. The summed E-state index contributed by atoms with van der Waals surface area (Å²) in [6.45, 7) is 10.0. The Morgan fingerprint density at radius 1 is 0.354 bits per heavy atom. The Balaban J connectivity index is 0.000000480. The second-order valence-corrected chi connectivity index (χ2v) is 11.9. The van der Waals surface area contributed by atoms with Crippen LogP contribution in [-0.2, 0) is 18.9 Å². The van der Waals surface area contributed by atoms with E-state index in [0.717, 1.165) is 77.0 Å². The van der Waals surface area contributed by atoms with Crippen molar-refractivity contribution in [1.82, 2.24) is 0 Å². The van der Waals surface area contributed by atoms with Crippen molar-refractivity contribution in [2.45, 2.75) is 130 Å². The molecule has 2 aromatic carbocycles. The summed E-state index contributed by atoms with van der Waals surface area (Å²) in [6.07, 6.45) is 16.9. The van der Waals surface area contributed by atoms with Gasteiger partial charge in [0.2, 0.25) is 0 Å². The van der Waals surface area contributed by atoms with Gasteiger partial charge in [0.25, 0.3) is 0 Å². The molecule has 0 radical (unpaired) electrons. The fourth-order valence-corrected chi connectivity index (χ4v) is 4.73. The maximum atomic E-state index is 12.2. The van der Waals surface area contributed by atoms with Crippen molar-refractivity contribution >= 4 is 23.9 Å². The van der Waals surface area contributed by atoms with E-state index in [1.54, 1.807) is 48.5 Å². The second kappa shape index (κ2) is 28.3. The number of ether oxygens (including phenoxy) is 4. The van der Waals surface area contributed by atoms with Crippen LogP contribution in [0.1, 0.15) is 172 Å².